The number of amides is 1. The Balaban J connectivity index is 1.70. The molecule has 5 rings (SSSR count). The molecule has 0 bridgehead atoms. The summed E-state index contributed by atoms with van der Waals surface area (Å²) in [6, 6.07) is 10.6. The Morgan fingerprint density at radius 3 is 2.67 bits per heavy atom. The number of aryl methyl sites for hydroxylation is 2. The molecule has 5 heteroatoms. The van der Waals surface area contributed by atoms with E-state index in [1.165, 1.54) is 11.3 Å². The minimum atomic E-state index is -0.218. The number of hydrogen-bond donors (Lipinski definition) is 0. The smallest absolute Gasteiger partial charge is 0.232 e. The zero-order chi connectivity index (χ0) is 23.3. The van der Waals surface area contributed by atoms with Gasteiger partial charge in [-0.25, -0.2) is 0 Å². The van der Waals surface area contributed by atoms with E-state index in [9.17, 15) is 14.9 Å². The molecule has 3 aliphatic rings. The van der Waals surface area contributed by atoms with Gasteiger partial charge in [-0.15, -0.1) is 11.3 Å². The Morgan fingerprint density at radius 2 is 1.91 bits per heavy atom. The molecule has 1 aromatic heterocycles. The molecule has 33 heavy (non-hydrogen) atoms. The van der Waals surface area contributed by atoms with E-state index in [0.29, 0.717) is 18.4 Å². The standard InChI is InChI=1S/C28H30N2O2S/c1-17-8-7-9-18(12-17)20-13-25(32)30(22-14-28(2,3)15-23(31)26(20)22)27-21(16-29)19-10-5-4-6-11-24(19)33-27/h7-9,12,20H,4-6,10-11,13-15H2,1-3H3/t20-/m0/s1. The number of nitrogens with zero attached hydrogens (tertiary/aromatic N) is 2. The van der Waals surface area contributed by atoms with Crippen LogP contribution in [0, 0.1) is 23.7 Å². The highest BCUT2D eigenvalue weighted by molar-refractivity contribution is 7.16. The first-order chi connectivity index (χ1) is 15.8. The topological polar surface area (TPSA) is 61.2 Å². The molecule has 0 unspecified atom stereocenters. The Bertz CT molecular complexity index is 1230. The molecular formula is C28H30N2O2S. The summed E-state index contributed by atoms with van der Waals surface area (Å²) < 4.78 is 0. The summed E-state index contributed by atoms with van der Waals surface area (Å²) in [7, 11) is 0. The van der Waals surface area contributed by atoms with Gasteiger partial charge in [0.2, 0.25) is 5.91 Å². The number of rotatable bonds is 2. The van der Waals surface area contributed by atoms with Gasteiger partial charge in [-0.3, -0.25) is 14.5 Å². The lowest BCUT2D eigenvalue weighted by atomic mass is 9.69. The fourth-order valence-electron chi connectivity index (χ4n) is 5.82. The molecule has 4 nitrogen and oxygen atoms in total. The Kier molecular flexibility index (Phi) is 5.53. The van der Waals surface area contributed by atoms with Gasteiger partial charge in [0.05, 0.1) is 5.56 Å². The third-order valence-electron chi connectivity index (χ3n) is 7.31. The molecule has 0 radical (unpaired) electrons. The Hall–Kier alpha value is -2.71. The van der Waals surface area contributed by atoms with Crippen LogP contribution >= 0.6 is 11.3 Å². The summed E-state index contributed by atoms with van der Waals surface area (Å²) in [5, 5.41) is 10.9. The molecule has 1 atom stereocenters. The normalized spacial score (nSPS) is 22.5. The van der Waals surface area contributed by atoms with E-state index in [4.69, 9.17) is 0 Å². The van der Waals surface area contributed by atoms with Crippen LogP contribution in [0.15, 0.2) is 35.5 Å². The van der Waals surface area contributed by atoms with Crippen LogP contribution in [0.25, 0.3) is 0 Å². The first-order valence-electron chi connectivity index (χ1n) is 12.0. The number of hydrogen-bond acceptors (Lipinski definition) is 4. The fourth-order valence-corrected chi connectivity index (χ4v) is 7.20. The minimum absolute atomic E-state index is 0.00124. The Labute approximate surface area is 199 Å². The van der Waals surface area contributed by atoms with Crippen molar-refractivity contribution in [3.8, 4) is 6.07 Å². The van der Waals surface area contributed by atoms with E-state index in [-0.39, 0.29) is 29.4 Å². The zero-order valence-electron chi connectivity index (χ0n) is 19.7. The van der Waals surface area contributed by atoms with Crippen molar-refractivity contribution in [1.82, 2.24) is 0 Å². The SMILES string of the molecule is Cc1cccc([C@@H]2CC(=O)N(c3sc4c(c3C#N)CCCCC4)C3=C2C(=O)CC(C)(C)C3)c1. The average Bonchev–Trinajstić information content (AvgIpc) is 2.92. The molecule has 0 saturated carbocycles. The number of carbonyl (C=O) groups excluding carboxylic acids is 2. The first-order valence-corrected chi connectivity index (χ1v) is 12.8. The predicted molar refractivity (Wildman–Crippen MR) is 131 cm³/mol. The molecule has 0 saturated heterocycles. The van der Waals surface area contributed by atoms with Gasteiger partial charge < -0.3 is 0 Å². The molecule has 2 aliphatic carbocycles. The third kappa shape index (κ3) is 3.85. The second kappa shape index (κ2) is 8.25. The van der Waals surface area contributed by atoms with E-state index < -0.39 is 0 Å². The molecule has 170 valence electrons. The second-order valence-electron chi connectivity index (χ2n) is 10.6. The van der Waals surface area contributed by atoms with Gasteiger partial charge in [-0.05, 0) is 55.6 Å². The van der Waals surface area contributed by atoms with Crippen LogP contribution in [0.3, 0.4) is 0 Å². The van der Waals surface area contributed by atoms with Gasteiger partial charge in [-0.2, -0.15) is 5.26 Å². The van der Waals surface area contributed by atoms with Crippen LogP contribution in [-0.4, -0.2) is 11.7 Å². The van der Waals surface area contributed by atoms with Crippen molar-refractivity contribution < 1.29 is 9.59 Å². The molecule has 1 aromatic carbocycles. The highest BCUT2D eigenvalue weighted by atomic mass is 32.1. The highest BCUT2D eigenvalue weighted by Gasteiger charge is 2.45. The van der Waals surface area contributed by atoms with E-state index in [0.717, 1.165) is 58.6 Å². The maximum Gasteiger partial charge on any atom is 0.232 e. The average molecular weight is 459 g/mol. The molecule has 2 aromatic rings. The third-order valence-corrected chi connectivity index (χ3v) is 8.58. The summed E-state index contributed by atoms with van der Waals surface area (Å²) in [5.41, 5.74) is 5.34. The van der Waals surface area contributed by atoms with Crippen LogP contribution in [0.1, 0.15) is 85.4 Å². The van der Waals surface area contributed by atoms with Gasteiger partial charge >= 0.3 is 0 Å². The number of ketones is 1. The number of anilines is 1. The summed E-state index contributed by atoms with van der Waals surface area (Å²) in [6.07, 6.45) is 6.68. The van der Waals surface area contributed by atoms with Gasteiger partial charge in [0.25, 0.3) is 0 Å². The van der Waals surface area contributed by atoms with Crippen LogP contribution < -0.4 is 4.90 Å². The van der Waals surface area contributed by atoms with E-state index in [1.54, 1.807) is 16.2 Å². The molecule has 1 aliphatic heterocycles. The quantitative estimate of drug-likeness (QED) is 0.492. The summed E-state index contributed by atoms with van der Waals surface area (Å²) in [5.74, 6) is -0.0730. The zero-order valence-corrected chi connectivity index (χ0v) is 20.5. The van der Waals surface area contributed by atoms with E-state index in [1.807, 2.05) is 25.1 Å². The lowest BCUT2D eigenvalue weighted by Crippen LogP contribution is -2.43. The highest BCUT2D eigenvalue weighted by Crippen LogP contribution is 2.51. The maximum atomic E-state index is 13.8. The molecule has 2 heterocycles. The number of allylic oxidation sites excluding steroid dienone is 2. The molecule has 0 spiro atoms. The van der Waals surface area contributed by atoms with Crippen molar-refractivity contribution in [3.63, 3.8) is 0 Å². The summed E-state index contributed by atoms with van der Waals surface area (Å²) in [6.45, 7) is 6.24. The van der Waals surface area contributed by atoms with Crippen molar-refractivity contribution in [3.05, 3.63) is 62.7 Å². The van der Waals surface area contributed by atoms with Crippen LogP contribution in [0.4, 0.5) is 5.00 Å². The molecular weight excluding hydrogens is 428 g/mol. The van der Waals surface area contributed by atoms with Crippen molar-refractivity contribution in [1.29, 1.82) is 5.26 Å². The first kappa shape index (κ1) is 22.1. The molecule has 0 N–H and O–H groups in total. The summed E-state index contributed by atoms with van der Waals surface area (Å²) in [4.78, 5) is 30.3. The lowest BCUT2D eigenvalue weighted by molar-refractivity contribution is -0.120. The lowest BCUT2D eigenvalue weighted by Gasteiger charge is -2.42. The van der Waals surface area contributed by atoms with Crippen molar-refractivity contribution in [2.75, 3.05) is 4.90 Å². The molecule has 0 fully saturated rings. The Morgan fingerprint density at radius 1 is 1.12 bits per heavy atom. The van der Waals surface area contributed by atoms with Gasteiger partial charge in [0.1, 0.15) is 11.1 Å². The summed E-state index contributed by atoms with van der Waals surface area (Å²) >= 11 is 1.60. The number of fused-ring (bicyclic) bond motifs is 1. The second-order valence-corrected chi connectivity index (χ2v) is 11.6. The number of thiophene rings is 1. The predicted octanol–water partition coefficient (Wildman–Crippen LogP) is 6.36. The van der Waals surface area contributed by atoms with E-state index >= 15 is 0 Å². The van der Waals surface area contributed by atoms with Gasteiger partial charge in [0, 0.05) is 34.9 Å². The fraction of sp³-hybridized carbons (Fsp3) is 0.464. The van der Waals surface area contributed by atoms with Crippen LogP contribution in [0.2, 0.25) is 0 Å². The van der Waals surface area contributed by atoms with Crippen molar-refractivity contribution >= 4 is 28.0 Å². The van der Waals surface area contributed by atoms with Crippen molar-refractivity contribution in [2.24, 2.45) is 5.41 Å². The largest absolute Gasteiger partial charge is 0.294 e. The number of carbonyl (C=O) groups is 2. The minimum Gasteiger partial charge on any atom is -0.294 e. The van der Waals surface area contributed by atoms with Gasteiger partial charge in [-0.1, -0.05) is 50.1 Å². The number of Topliss-reactive ketones (excluding diaryl/α,β-unsaturated/α-hetero) is 1. The monoisotopic (exact) mass is 458 g/mol. The number of benzene rings is 1. The number of nitriles is 1. The maximum absolute atomic E-state index is 13.8. The van der Waals surface area contributed by atoms with Crippen molar-refractivity contribution in [2.45, 2.75) is 78.1 Å². The van der Waals surface area contributed by atoms with Gasteiger partial charge in [0.15, 0.2) is 5.78 Å². The molecule has 1 amide bonds. The van der Waals surface area contributed by atoms with E-state index in [2.05, 4.69) is 26.0 Å². The van der Waals surface area contributed by atoms with Crippen LogP contribution in [0.5, 0.6) is 0 Å². The van der Waals surface area contributed by atoms with Crippen LogP contribution in [-0.2, 0) is 22.4 Å².